The van der Waals surface area contributed by atoms with Crippen LogP contribution in [-0.2, 0) is 12.8 Å². The molecule has 0 amide bonds. The Morgan fingerprint density at radius 2 is 0.819 bits per heavy atom. The second-order valence-electron chi connectivity index (χ2n) is 19.5. The maximum Gasteiger partial charge on any atom is 0.0542 e. The lowest BCUT2D eigenvalue weighted by Crippen LogP contribution is -2.10. The molecule has 0 unspecified atom stereocenters. The van der Waals surface area contributed by atoms with Crippen molar-refractivity contribution < 1.29 is 0 Å². The van der Waals surface area contributed by atoms with Crippen molar-refractivity contribution in [3.8, 4) is 50.2 Å². The van der Waals surface area contributed by atoms with E-state index in [0.29, 0.717) is 0 Å². The third-order valence-electron chi connectivity index (χ3n) is 15.3. The molecule has 340 valence electrons. The first-order valence-electron chi connectivity index (χ1n) is 25.5. The smallest absolute Gasteiger partial charge is 0.0542 e. The molecule has 0 saturated carbocycles. The van der Waals surface area contributed by atoms with Crippen molar-refractivity contribution in [1.29, 1.82) is 0 Å². The molecule has 1 aromatic heterocycles. The molecule has 0 radical (unpaired) electrons. The largest absolute Gasteiger partial charge is 0.310 e. The first kappa shape index (κ1) is 41.9. The van der Waals surface area contributed by atoms with Gasteiger partial charge in [0.25, 0.3) is 0 Å². The molecule has 13 aromatic rings. The molecule has 1 aliphatic rings. The van der Waals surface area contributed by atoms with Crippen molar-refractivity contribution in [2.75, 3.05) is 4.90 Å². The Kier molecular flexibility index (Phi) is 10.2. The molecule has 1 heterocycles. The highest BCUT2D eigenvalue weighted by Crippen LogP contribution is 2.46. The molecule has 0 spiro atoms. The minimum Gasteiger partial charge on any atom is -0.310 e. The SMILES string of the molecule is c1ccc(-c2c3ccccc3c(-c3ccc(N(c4ccc(-c5ccc6ccccc6c5)cc4)c4ccc5c(c4)c4cc(-c6cccc7c6CCCC7)ccc4n5-c4ccccc4)cc3)c3ccccc23)cc1. The summed E-state index contributed by atoms with van der Waals surface area (Å²) in [4.78, 5) is 2.44. The summed E-state index contributed by atoms with van der Waals surface area (Å²) < 4.78 is 2.44. The summed E-state index contributed by atoms with van der Waals surface area (Å²) in [5, 5.41) is 9.99. The van der Waals surface area contributed by atoms with Gasteiger partial charge in [-0.3, -0.25) is 0 Å². The summed E-state index contributed by atoms with van der Waals surface area (Å²) in [6.45, 7) is 0. The van der Waals surface area contributed by atoms with Crippen LogP contribution in [0.4, 0.5) is 17.1 Å². The molecule has 0 saturated heterocycles. The van der Waals surface area contributed by atoms with Crippen molar-refractivity contribution in [2.24, 2.45) is 0 Å². The molecule has 2 nitrogen and oxygen atoms in total. The van der Waals surface area contributed by atoms with Crippen molar-refractivity contribution >= 4 is 71.2 Å². The standard InChI is InChI=1S/C70H50N2/c1-3-18-50(19-4-1)69-61-25-11-13-27-63(61)70(64-28-14-12-26-62(64)69)51-34-39-57(40-35-51)71(56-37-32-48(33-38-56)53-31-30-47-16-7-8-20-52(47)44-53)58-41-43-68-66(46-58)65-45-54(60-29-15-21-49-17-9-10-24-59(49)60)36-42-67(65)72(68)55-22-5-2-6-23-55/h1-8,11-16,18-23,25-46H,9-10,17,24H2. The number of benzene rings is 12. The van der Waals surface area contributed by atoms with E-state index in [2.05, 4.69) is 264 Å². The molecule has 0 fully saturated rings. The van der Waals surface area contributed by atoms with Gasteiger partial charge in [-0.2, -0.15) is 0 Å². The number of para-hydroxylation sites is 1. The molecule has 0 bridgehead atoms. The number of rotatable bonds is 8. The lowest BCUT2D eigenvalue weighted by Gasteiger charge is -2.26. The Morgan fingerprint density at radius 3 is 1.50 bits per heavy atom. The Labute approximate surface area is 420 Å². The number of hydrogen-bond donors (Lipinski definition) is 0. The van der Waals surface area contributed by atoms with E-state index in [9.17, 15) is 0 Å². The van der Waals surface area contributed by atoms with Crippen LogP contribution in [0.25, 0.3) is 104 Å². The zero-order chi connectivity index (χ0) is 47.5. The zero-order valence-corrected chi connectivity index (χ0v) is 40.0. The van der Waals surface area contributed by atoms with Gasteiger partial charge in [-0.15, -0.1) is 0 Å². The highest BCUT2D eigenvalue weighted by atomic mass is 15.1. The lowest BCUT2D eigenvalue weighted by molar-refractivity contribution is 0.687. The normalized spacial score (nSPS) is 12.5. The average molecular weight is 919 g/mol. The first-order valence-corrected chi connectivity index (χ1v) is 25.5. The van der Waals surface area contributed by atoms with Gasteiger partial charge in [0, 0.05) is 33.5 Å². The monoisotopic (exact) mass is 918 g/mol. The fourth-order valence-electron chi connectivity index (χ4n) is 12.0. The fraction of sp³-hybridized carbons (Fsp3) is 0.0571. The Balaban J connectivity index is 0.951. The number of anilines is 3. The van der Waals surface area contributed by atoms with Crippen LogP contribution in [0.3, 0.4) is 0 Å². The van der Waals surface area contributed by atoms with E-state index in [4.69, 9.17) is 0 Å². The van der Waals surface area contributed by atoms with Crippen molar-refractivity contribution in [3.05, 3.63) is 266 Å². The fourth-order valence-corrected chi connectivity index (χ4v) is 12.0. The third kappa shape index (κ3) is 7.09. The molecule has 0 aliphatic heterocycles. The molecule has 1 aliphatic carbocycles. The van der Waals surface area contributed by atoms with Gasteiger partial charge in [0.05, 0.1) is 11.0 Å². The second-order valence-corrected chi connectivity index (χ2v) is 19.5. The van der Waals surface area contributed by atoms with Gasteiger partial charge in [0.2, 0.25) is 0 Å². The summed E-state index contributed by atoms with van der Waals surface area (Å²) in [5.41, 5.74) is 19.9. The third-order valence-corrected chi connectivity index (χ3v) is 15.3. The minimum absolute atomic E-state index is 1.09. The molecular formula is C70H50N2. The molecular weight excluding hydrogens is 869 g/mol. The number of fused-ring (bicyclic) bond motifs is 7. The lowest BCUT2D eigenvalue weighted by atomic mass is 9.86. The first-order chi connectivity index (χ1) is 35.7. The van der Waals surface area contributed by atoms with Crippen LogP contribution in [0.15, 0.2) is 255 Å². The maximum absolute atomic E-state index is 2.46. The van der Waals surface area contributed by atoms with E-state index >= 15 is 0 Å². The quantitative estimate of drug-likeness (QED) is 0.138. The summed E-state index contributed by atoms with van der Waals surface area (Å²) in [6, 6.07) is 94.5. The van der Waals surface area contributed by atoms with Crippen LogP contribution in [0.1, 0.15) is 24.0 Å². The molecule has 14 rings (SSSR count). The van der Waals surface area contributed by atoms with E-state index in [-0.39, 0.29) is 0 Å². The van der Waals surface area contributed by atoms with Gasteiger partial charge in [0.1, 0.15) is 0 Å². The summed E-state index contributed by atoms with van der Waals surface area (Å²) in [5.74, 6) is 0. The molecule has 0 N–H and O–H groups in total. The topological polar surface area (TPSA) is 8.17 Å². The highest BCUT2D eigenvalue weighted by molar-refractivity contribution is 6.21. The van der Waals surface area contributed by atoms with Gasteiger partial charge in [-0.1, -0.05) is 182 Å². The van der Waals surface area contributed by atoms with Gasteiger partial charge < -0.3 is 9.47 Å². The predicted molar refractivity (Wildman–Crippen MR) is 306 cm³/mol. The van der Waals surface area contributed by atoms with Crippen LogP contribution in [0.5, 0.6) is 0 Å². The van der Waals surface area contributed by atoms with Crippen molar-refractivity contribution in [2.45, 2.75) is 25.7 Å². The van der Waals surface area contributed by atoms with Crippen molar-refractivity contribution in [3.63, 3.8) is 0 Å². The van der Waals surface area contributed by atoms with Gasteiger partial charge in [-0.25, -0.2) is 0 Å². The molecule has 12 aromatic carbocycles. The average Bonchev–Trinajstić information content (AvgIpc) is 3.78. The number of aromatic nitrogens is 1. The summed E-state index contributed by atoms with van der Waals surface area (Å²) in [7, 11) is 0. The van der Waals surface area contributed by atoms with Crippen LogP contribution >= 0.6 is 0 Å². The molecule has 2 heteroatoms. The molecule has 0 atom stereocenters. The Morgan fingerprint density at radius 1 is 0.306 bits per heavy atom. The highest BCUT2D eigenvalue weighted by Gasteiger charge is 2.22. The van der Waals surface area contributed by atoms with Crippen LogP contribution < -0.4 is 4.90 Å². The minimum atomic E-state index is 1.09. The number of nitrogens with zero attached hydrogens (tertiary/aromatic N) is 2. The maximum atomic E-state index is 2.46. The second kappa shape index (κ2) is 17.5. The van der Waals surface area contributed by atoms with Crippen molar-refractivity contribution in [1.82, 2.24) is 4.57 Å². The Hall–Kier alpha value is -8.98. The van der Waals surface area contributed by atoms with Gasteiger partial charge >= 0.3 is 0 Å². The summed E-state index contributed by atoms with van der Waals surface area (Å²) >= 11 is 0. The van der Waals surface area contributed by atoms with E-state index in [0.717, 1.165) is 35.6 Å². The van der Waals surface area contributed by atoms with E-state index in [1.165, 1.54) is 123 Å². The number of aryl methyl sites for hydroxylation is 1. The Bertz CT molecular complexity index is 4130. The van der Waals surface area contributed by atoms with Crippen LogP contribution in [0, 0.1) is 0 Å². The van der Waals surface area contributed by atoms with Crippen LogP contribution in [0.2, 0.25) is 0 Å². The predicted octanol–water partition coefficient (Wildman–Crippen LogP) is 19.3. The molecule has 72 heavy (non-hydrogen) atoms. The summed E-state index contributed by atoms with van der Waals surface area (Å²) in [6.07, 6.45) is 4.81. The van der Waals surface area contributed by atoms with Gasteiger partial charge in [0.15, 0.2) is 0 Å². The van der Waals surface area contributed by atoms with Gasteiger partial charge in [-0.05, 0) is 186 Å². The van der Waals surface area contributed by atoms with Crippen LogP contribution in [-0.4, -0.2) is 4.57 Å². The van der Waals surface area contributed by atoms with E-state index in [1.54, 1.807) is 0 Å². The van der Waals surface area contributed by atoms with E-state index < -0.39 is 0 Å². The zero-order valence-electron chi connectivity index (χ0n) is 40.0. The number of hydrogen-bond acceptors (Lipinski definition) is 1. The van der Waals surface area contributed by atoms with E-state index in [1.807, 2.05) is 0 Å².